The van der Waals surface area contributed by atoms with Gasteiger partial charge in [-0.15, -0.1) is 0 Å². The highest BCUT2D eigenvalue weighted by Gasteiger charge is 2.57. The average Bonchev–Trinajstić information content (AvgIpc) is 3.65. The number of fused-ring (bicyclic) bond motifs is 4. The summed E-state index contributed by atoms with van der Waals surface area (Å²) in [7, 11) is 1.62. The van der Waals surface area contributed by atoms with Crippen LogP contribution in [0.15, 0.2) is 42.5 Å². The summed E-state index contributed by atoms with van der Waals surface area (Å²) in [6, 6.07) is 14.8. The number of piperidine rings is 3. The van der Waals surface area contributed by atoms with Crippen molar-refractivity contribution in [3.63, 3.8) is 0 Å². The monoisotopic (exact) mass is 462 g/mol. The third-order valence-corrected chi connectivity index (χ3v) is 8.79. The Morgan fingerprint density at radius 2 is 1.91 bits per heavy atom. The van der Waals surface area contributed by atoms with Crippen LogP contribution in [0.3, 0.4) is 0 Å². The third kappa shape index (κ3) is 3.77. The van der Waals surface area contributed by atoms with Crippen LogP contribution in [0.25, 0.3) is 11.1 Å². The van der Waals surface area contributed by atoms with Crippen molar-refractivity contribution in [1.29, 1.82) is 0 Å². The molecule has 1 amide bonds. The number of amides is 1. The van der Waals surface area contributed by atoms with Crippen LogP contribution in [0, 0.1) is 11.3 Å². The predicted molar refractivity (Wildman–Crippen MR) is 130 cm³/mol. The number of hydrogen-bond acceptors (Lipinski definition) is 4. The van der Waals surface area contributed by atoms with Crippen molar-refractivity contribution in [2.24, 2.45) is 11.3 Å². The maximum atomic E-state index is 12.8. The van der Waals surface area contributed by atoms with Crippen LogP contribution in [-0.4, -0.2) is 60.6 Å². The predicted octanol–water partition coefficient (Wildman–Crippen LogP) is 5.18. The van der Waals surface area contributed by atoms with Crippen molar-refractivity contribution < 1.29 is 19.4 Å². The van der Waals surface area contributed by atoms with Gasteiger partial charge in [0.05, 0.1) is 12.1 Å². The smallest absolute Gasteiger partial charge is 0.408 e. The Kier molecular flexibility index (Phi) is 5.53. The van der Waals surface area contributed by atoms with Gasteiger partial charge in [0.1, 0.15) is 5.75 Å². The summed E-state index contributed by atoms with van der Waals surface area (Å²) in [6.07, 6.45) is 5.90. The van der Waals surface area contributed by atoms with Gasteiger partial charge in [-0.3, -0.25) is 4.90 Å². The van der Waals surface area contributed by atoms with Gasteiger partial charge in [0.15, 0.2) is 6.79 Å². The van der Waals surface area contributed by atoms with Gasteiger partial charge in [0.2, 0.25) is 0 Å². The van der Waals surface area contributed by atoms with Crippen LogP contribution < -0.4 is 4.74 Å². The molecular weight excluding hydrogens is 428 g/mol. The zero-order chi connectivity index (χ0) is 23.3. The molecule has 0 aromatic heterocycles. The number of rotatable bonds is 6. The summed E-state index contributed by atoms with van der Waals surface area (Å²) in [5, 5.41) is 10.5. The van der Waals surface area contributed by atoms with Gasteiger partial charge in [-0.05, 0) is 97.3 Å². The molecule has 3 aliphatic heterocycles. The Morgan fingerprint density at radius 3 is 2.59 bits per heavy atom. The molecule has 2 atom stereocenters. The normalized spacial score (nSPS) is 28.4. The molecule has 5 aliphatic rings. The van der Waals surface area contributed by atoms with Crippen LogP contribution in [0.4, 0.5) is 4.79 Å². The first-order valence-corrected chi connectivity index (χ1v) is 12.7. The molecule has 4 fully saturated rings. The van der Waals surface area contributed by atoms with Crippen LogP contribution >= 0.6 is 0 Å². The van der Waals surface area contributed by atoms with E-state index in [2.05, 4.69) is 29.2 Å². The summed E-state index contributed by atoms with van der Waals surface area (Å²) < 4.78 is 10.7. The van der Waals surface area contributed by atoms with Crippen molar-refractivity contribution in [3.05, 3.63) is 53.6 Å². The van der Waals surface area contributed by atoms with E-state index in [0.717, 1.165) is 75.0 Å². The lowest BCUT2D eigenvalue weighted by Gasteiger charge is -2.52. The number of carboxylic acid groups (broad SMARTS) is 1. The number of carbonyl (C=O) groups is 1. The summed E-state index contributed by atoms with van der Waals surface area (Å²) in [5.41, 5.74) is 4.92. The van der Waals surface area contributed by atoms with Gasteiger partial charge in [-0.2, -0.15) is 0 Å². The molecule has 2 aromatic carbocycles. The number of benzene rings is 2. The molecule has 1 spiro atoms. The van der Waals surface area contributed by atoms with Crippen molar-refractivity contribution in [1.82, 2.24) is 9.80 Å². The fourth-order valence-electron chi connectivity index (χ4n) is 6.83. The SMILES string of the molecule is COCOc1cccc(-c2ccc3c(c2)CCC2(CC2)C3N(C(=O)O)[C@@H]2CN3CCC2CC3)c1. The van der Waals surface area contributed by atoms with E-state index in [1.807, 2.05) is 23.1 Å². The van der Waals surface area contributed by atoms with Crippen LogP contribution in [0.1, 0.15) is 49.3 Å². The Hall–Kier alpha value is -2.57. The van der Waals surface area contributed by atoms with E-state index in [9.17, 15) is 9.90 Å². The third-order valence-electron chi connectivity index (χ3n) is 8.79. The maximum Gasteiger partial charge on any atom is 0.408 e. The molecule has 34 heavy (non-hydrogen) atoms. The quantitative estimate of drug-likeness (QED) is 0.600. The first-order chi connectivity index (χ1) is 16.6. The van der Waals surface area contributed by atoms with Gasteiger partial charge < -0.3 is 19.5 Å². The molecule has 2 bridgehead atoms. The number of ether oxygens (including phenoxy) is 2. The second-order valence-electron chi connectivity index (χ2n) is 10.7. The highest BCUT2D eigenvalue weighted by atomic mass is 16.7. The molecule has 1 unspecified atom stereocenters. The molecule has 7 rings (SSSR count). The largest absolute Gasteiger partial charge is 0.468 e. The summed E-state index contributed by atoms with van der Waals surface area (Å²) in [6.45, 7) is 3.36. The van der Waals surface area contributed by atoms with Crippen LogP contribution in [-0.2, 0) is 11.2 Å². The highest BCUT2D eigenvalue weighted by molar-refractivity contribution is 5.69. The Bertz CT molecular complexity index is 1070. The molecule has 180 valence electrons. The molecule has 3 heterocycles. The number of hydrogen-bond donors (Lipinski definition) is 1. The van der Waals surface area contributed by atoms with Crippen LogP contribution in [0.5, 0.6) is 5.75 Å². The second kappa shape index (κ2) is 8.58. The fourth-order valence-corrected chi connectivity index (χ4v) is 6.83. The summed E-state index contributed by atoms with van der Waals surface area (Å²) in [4.78, 5) is 17.2. The van der Waals surface area contributed by atoms with E-state index in [0.29, 0.717) is 5.92 Å². The van der Waals surface area contributed by atoms with Gasteiger partial charge in [-0.1, -0.05) is 30.3 Å². The molecule has 6 nitrogen and oxygen atoms in total. The Balaban J connectivity index is 1.35. The van der Waals surface area contributed by atoms with E-state index >= 15 is 0 Å². The molecule has 2 aliphatic carbocycles. The van der Waals surface area contributed by atoms with E-state index in [-0.39, 0.29) is 24.3 Å². The van der Waals surface area contributed by atoms with E-state index in [1.165, 1.54) is 11.1 Å². The molecule has 1 N–H and O–H groups in total. The minimum absolute atomic E-state index is 0.0234. The lowest BCUT2D eigenvalue weighted by atomic mass is 9.73. The standard InChI is InChI=1S/C28H34N2O4/c1-33-18-34-23-4-2-3-20(16-23)21-5-6-24-22(15-21)7-10-28(11-12-28)26(24)30(27(31)32)25-17-29-13-8-19(25)9-14-29/h2-6,15-16,19,25-26H,7-14,17-18H2,1H3,(H,31,32)/t25-,26?/m1/s1. The van der Waals surface area contributed by atoms with E-state index < -0.39 is 6.09 Å². The minimum Gasteiger partial charge on any atom is -0.468 e. The Labute approximate surface area is 201 Å². The van der Waals surface area contributed by atoms with Gasteiger partial charge in [0, 0.05) is 13.7 Å². The summed E-state index contributed by atoms with van der Waals surface area (Å²) >= 11 is 0. The number of nitrogens with zero attached hydrogens (tertiary/aromatic N) is 2. The fraction of sp³-hybridized carbons (Fsp3) is 0.536. The van der Waals surface area contributed by atoms with Gasteiger partial charge in [-0.25, -0.2) is 4.79 Å². The van der Waals surface area contributed by atoms with E-state index in [4.69, 9.17) is 9.47 Å². The highest BCUT2D eigenvalue weighted by Crippen LogP contribution is 2.63. The number of methoxy groups -OCH3 is 1. The lowest BCUT2D eigenvalue weighted by molar-refractivity contribution is -0.0243. The molecule has 0 radical (unpaired) electrons. The van der Waals surface area contributed by atoms with Gasteiger partial charge >= 0.3 is 6.09 Å². The number of aryl methyl sites for hydroxylation is 1. The second-order valence-corrected chi connectivity index (χ2v) is 10.7. The van der Waals surface area contributed by atoms with E-state index in [1.54, 1.807) is 7.11 Å². The minimum atomic E-state index is -0.741. The first-order valence-electron chi connectivity index (χ1n) is 12.7. The molecule has 2 aromatic rings. The van der Waals surface area contributed by atoms with Crippen LogP contribution in [0.2, 0.25) is 0 Å². The Morgan fingerprint density at radius 1 is 1.12 bits per heavy atom. The molecular formula is C28H34N2O4. The molecule has 1 saturated carbocycles. The van der Waals surface area contributed by atoms with Crippen molar-refractivity contribution in [2.45, 2.75) is 50.6 Å². The average molecular weight is 463 g/mol. The summed E-state index contributed by atoms with van der Waals surface area (Å²) in [5.74, 6) is 1.28. The lowest BCUT2D eigenvalue weighted by Crippen LogP contribution is -2.60. The van der Waals surface area contributed by atoms with Crippen molar-refractivity contribution in [2.75, 3.05) is 33.5 Å². The van der Waals surface area contributed by atoms with Crippen molar-refractivity contribution >= 4 is 6.09 Å². The maximum absolute atomic E-state index is 12.8. The molecule has 3 saturated heterocycles. The first kappa shape index (κ1) is 21.9. The van der Waals surface area contributed by atoms with Gasteiger partial charge in [0.25, 0.3) is 0 Å². The van der Waals surface area contributed by atoms with Crippen molar-refractivity contribution in [3.8, 4) is 16.9 Å². The molecule has 6 heteroatoms. The zero-order valence-corrected chi connectivity index (χ0v) is 19.9. The topological polar surface area (TPSA) is 62.2 Å². The zero-order valence-electron chi connectivity index (χ0n) is 19.9.